The summed E-state index contributed by atoms with van der Waals surface area (Å²) in [7, 11) is 1.60. The first-order chi connectivity index (χ1) is 67.4. The van der Waals surface area contributed by atoms with Gasteiger partial charge >= 0.3 is 24.0 Å². The number of esters is 1. The summed E-state index contributed by atoms with van der Waals surface area (Å²) in [6.45, 7) is 26.0. The van der Waals surface area contributed by atoms with E-state index in [9.17, 15) is 129 Å². The molecule has 0 spiro atoms. The number of aromatic amines is 1. The second kappa shape index (κ2) is 60.3. The molecule has 6 aliphatic rings. The van der Waals surface area contributed by atoms with Crippen LogP contribution in [0.25, 0.3) is 10.9 Å². The molecule has 46 heteroatoms. The van der Waals surface area contributed by atoms with Crippen molar-refractivity contribution in [1.82, 2.24) is 65.9 Å². The number of imide groups is 6. The van der Waals surface area contributed by atoms with Gasteiger partial charge in [0.25, 0.3) is 0 Å². The van der Waals surface area contributed by atoms with Crippen molar-refractivity contribution >= 4 is 176 Å². The van der Waals surface area contributed by atoms with Crippen LogP contribution in [-0.2, 0) is 142 Å². The van der Waals surface area contributed by atoms with Crippen molar-refractivity contribution in [3.05, 3.63) is 65.9 Å². The third-order valence-electron chi connectivity index (χ3n) is 24.1. The quantitative estimate of drug-likeness (QED) is 0.0220. The van der Waals surface area contributed by atoms with Gasteiger partial charge in [0.15, 0.2) is 23.1 Å². The molecule has 46 nitrogen and oxygen atoms in total. The van der Waals surface area contributed by atoms with Crippen LogP contribution in [-0.4, -0.2) is 300 Å². The van der Waals surface area contributed by atoms with Gasteiger partial charge < -0.3 is 67.8 Å². The van der Waals surface area contributed by atoms with Gasteiger partial charge in [-0.25, -0.2) is 9.59 Å². The van der Waals surface area contributed by atoms with Crippen molar-refractivity contribution in [2.24, 2.45) is 70.6 Å². The van der Waals surface area contributed by atoms with Crippen LogP contribution in [0.3, 0.4) is 0 Å². The first-order valence-electron chi connectivity index (χ1n) is 47.6. The molecule has 12 N–H and O–H groups in total. The normalized spacial score (nSPS) is 18.6. The zero-order valence-corrected chi connectivity index (χ0v) is 84.7. The standard InChI is InChI=1S/C28H39N5O8.C24H40N6O7.C17H18N2O3.C11H17NO4.C10H13NO5.C8H11NO3.CH4/c1-16(2)25(32-23(36)14-33-24(37)12-17(3)27(33)39)22(35)13-20(6-5-11-30-28(29)40)26(38)31-21-9-7-19(8-10-21)15-41-18(4)34;1-14(2)21(28-19(33)13-30-20(34)11-15(3)23(30)36)18(32)12-17(7-6-8-27-24(25)37)22(35)26-9-10-29(5)16(4)31;1-10-7-16(21)19(17(10)22)15(11(2)20)8-12-9-18-14-6-4-3-5-13(12)14;1-8-7-10(14)12(11(8)15)4-6-16-5-3-9(2)13;1-5-3-8(13)11(10(5)16)7(6(2)12)4-9(14)15;1-5-3-7(11)9(8(5)12)4-6(2)10;/h7-10,16-17,20,25H,5-6,11-15H2,1-4H3,(H,31,38)(H,32,36)(H3,29,30,40);14-15,17,21H,6-13H2,1-5H3,(H,26,35)(H,28,33)(H3,25,27,37);3-6,9-10,15,18H,7-8H2,1-2H3;8H,3-7H2,1-2H3;5,7H,3-4H2,1-2H3,(H,14,15);5H,3-4H2,1-2H3;1H4/t17?,20-,25+;15?,17-,21+;10?,15-;;5?,7-;;/m110.0../s1. The fraction of sp³-hybridized carbons (Fsp3) is 0.586. The largest absolute Gasteiger partial charge is 0.481 e. The summed E-state index contributed by atoms with van der Waals surface area (Å²) in [6, 6.07) is 9.28. The molecule has 9 rings (SSSR count). The summed E-state index contributed by atoms with van der Waals surface area (Å²) in [5, 5.41) is 25.3. The van der Waals surface area contributed by atoms with E-state index >= 15 is 0 Å². The number of carboxylic acid groups (broad SMARTS) is 1. The molecule has 1 aromatic heterocycles. The Kier molecular flexibility index (Phi) is 51.9. The molecule has 21 amide bonds. The molecular formula is C99H142N16O30. The molecule has 0 saturated carbocycles. The fourth-order valence-corrected chi connectivity index (χ4v) is 15.8. The average Bonchev–Trinajstić information content (AvgIpc) is 1.65. The smallest absolute Gasteiger partial charge is 0.312 e. The molecule has 6 fully saturated rings. The highest BCUT2D eigenvalue weighted by Gasteiger charge is 2.46. The molecule has 12 atom stereocenters. The van der Waals surface area contributed by atoms with E-state index in [1.54, 1.807) is 101 Å². The Balaban J connectivity index is 0.000000470. The summed E-state index contributed by atoms with van der Waals surface area (Å²) < 4.78 is 10.1. The highest BCUT2D eigenvalue weighted by molar-refractivity contribution is 6.11. The Labute approximate surface area is 841 Å². The number of nitrogens with one attached hydrogen (secondary N) is 7. The molecule has 0 aliphatic carbocycles. The third kappa shape index (κ3) is 40.4. The number of rotatable bonds is 46. The SMILES string of the molecule is C.CC(=O)CCOCCN1C(=O)CC(C)C1=O.CC(=O)CN1C(=O)CC(C)C1=O.CC(=O)N(C)CCNC(=O)[C@H](CCCNC(N)=O)CC(=O)[C@@H](NC(=O)CN1C(=O)CC(C)C1=O)C(C)C.CC(=O)OCc1ccc(NC(=O)[C@H](CCCNC(N)=O)CC(=O)[C@@H](NC(=O)CN2C(=O)CC(C)C2=O)C(C)C)cc1.CC(=O)[C@H](CC(=O)O)N1C(=O)CC(C)C1=O.CC(=O)[C@H](Cc1c[nH]c2ccccc12)N1C(=O)CC(C)C1=O. The van der Waals surface area contributed by atoms with Gasteiger partial charge in [-0.2, -0.15) is 0 Å². The number of aliphatic carboxylic acids is 1. The van der Waals surface area contributed by atoms with E-state index in [0.29, 0.717) is 64.1 Å². The summed E-state index contributed by atoms with van der Waals surface area (Å²) in [5.74, 6) is -13.7. The van der Waals surface area contributed by atoms with Crippen LogP contribution in [0, 0.1) is 59.2 Å². The Morgan fingerprint density at radius 1 is 0.483 bits per heavy atom. The number of carbonyl (C=O) groups is 27. The molecule has 3 aromatic rings. The summed E-state index contributed by atoms with van der Waals surface area (Å²) in [5.41, 5.74) is 13.3. The number of primary amides is 2. The van der Waals surface area contributed by atoms with Crippen molar-refractivity contribution in [3.8, 4) is 0 Å². The number of benzene rings is 2. The number of para-hydroxylation sites is 1. The van der Waals surface area contributed by atoms with Crippen LogP contribution >= 0.6 is 0 Å². The number of ether oxygens (including phenoxy) is 2. The first kappa shape index (κ1) is 125. The van der Waals surface area contributed by atoms with E-state index in [2.05, 4.69) is 36.9 Å². The number of carboxylic acids is 1. The molecular weight excluding hydrogens is 1890 g/mol. The van der Waals surface area contributed by atoms with Gasteiger partial charge in [0.05, 0.1) is 44.8 Å². The van der Waals surface area contributed by atoms with Crippen LogP contribution < -0.4 is 43.4 Å². The highest BCUT2D eigenvalue weighted by Crippen LogP contribution is 2.30. The van der Waals surface area contributed by atoms with Crippen molar-refractivity contribution in [2.45, 2.75) is 245 Å². The summed E-state index contributed by atoms with van der Waals surface area (Å²) in [4.78, 5) is 329. The lowest BCUT2D eigenvalue weighted by Crippen LogP contribution is -2.50. The van der Waals surface area contributed by atoms with Crippen molar-refractivity contribution in [2.75, 3.05) is 77.9 Å². The molecule has 145 heavy (non-hydrogen) atoms. The number of nitrogens with zero attached hydrogens (tertiary/aromatic N) is 7. The number of likely N-dealkylation sites (tertiary alicyclic amines) is 6. The van der Waals surface area contributed by atoms with Gasteiger partial charge in [-0.3, -0.25) is 149 Å². The van der Waals surface area contributed by atoms with Gasteiger partial charge in [-0.15, -0.1) is 0 Å². The zero-order valence-electron chi connectivity index (χ0n) is 84.7. The topological polar surface area (TPSA) is 662 Å². The number of amides is 21. The lowest BCUT2D eigenvalue weighted by Gasteiger charge is -2.25. The molecule has 6 saturated heterocycles. The minimum Gasteiger partial charge on any atom is -0.481 e. The molecule has 6 unspecified atom stereocenters. The monoisotopic (exact) mass is 2040 g/mol. The third-order valence-corrected chi connectivity index (χ3v) is 24.1. The van der Waals surface area contributed by atoms with E-state index in [1.165, 1.54) is 51.3 Å². The molecule has 0 radical (unpaired) electrons. The molecule has 7 heterocycles. The van der Waals surface area contributed by atoms with E-state index in [4.69, 9.17) is 26.0 Å². The number of carbonyl (C=O) groups excluding carboxylic acids is 26. The predicted octanol–water partition coefficient (Wildman–Crippen LogP) is 3.25. The Morgan fingerprint density at radius 3 is 1.26 bits per heavy atom. The minimum absolute atomic E-state index is 0. The number of hydrogen-bond donors (Lipinski definition) is 10. The van der Waals surface area contributed by atoms with Gasteiger partial charge in [0, 0.05) is 181 Å². The number of ketones is 6. The second-order valence-corrected chi connectivity index (χ2v) is 37.2. The van der Waals surface area contributed by atoms with Crippen LogP contribution in [0.1, 0.15) is 219 Å². The molecule has 6 aliphatic heterocycles. The van der Waals surface area contributed by atoms with Crippen molar-refractivity contribution in [1.29, 1.82) is 0 Å². The van der Waals surface area contributed by atoms with Crippen molar-refractivity contribution in [3.63, 3.8) is 0 Å². The number of H-pyrrole nitrogens is 1. The number of anilines is 1. The number of Topliss-reactive ketones (excluding diaryl/α,β-unsaturated/α-hetero) is 6. The van der Waals surface area contributed by atoms with Gasteiger partial charge in [-0.1, -0.05) is 107 Å². The highest BCUT2D eigenvalue weighted by atomic mass is 16.5. The van der Waals surface area contributed by atoms with Gasteiger partial charge in [-0.05, 0) is 94.5 Å². The molecule has 2 aromatic carbocycles. The van der Waals surface area contributed by atoms with Gasteiger partial charge in [0.1, 0.15) is 43.3 Å². The summed E-state index contributed by atoms with van der Waals surface area (Å²) in [6.07, 6.45) is 3.79. The number of urea groups is 2. The van der Waals surface area contributed by atoms with Crippen molar-refractivity contribution < 1.29 is 144 Å². The van der Waals surface area contributed by atoms with Gasteiger partial charge in [0.2, 0.25) is 100 Å². The number of fused-ring (bicyclic) bond motifs is 1. The summed E-state index contributed by atoms with van der Waals surface area (Å²) >= 11 is 0. The van der Waals surface area contributed by atoms with Crippen LogP contribution in [0.5, 0.6) is 0 Å². The van der Waals surface area contributed by atoms with E-state index in [-0.39, 0.29) is 204 Å². The van der Waals surface area contributed by atoms with Crippen LogP contribution in [0.15, 0.2) is 54.7 Å². The number of hydrogen-bond acceptors (Lipinski definition) is 29. The number of likely N-dealkylation sites (N-methyl/N-ethyl adjacent to an activating group) is 1. The predicted molar refractivity (Wildman–Crippen MR) is 520 cm³/mol. The molecule has 0 bridgehead atoms. The molecule has 798 valence electrons. The zero-order chi connectivity index (χ0) is 109. The van der Waals surface area contributed by atoms with E-state index in [1.807, 2.05) is 30.5 Å². The lowest BCUT2D eigenvalue weighted by atomic mass is 9.89. The minimum atomic E-state index is -1.21. The fourth-order valence-electron chi connectivity index (χ4n) is 15.8. The maximum Gasteiger partial charge on any atom is 0.312 e. The first-order valence-corrected chi connectivity index (χ1v) is 47.6. The number of nitrogens with two attached hydrogens (primary N) is 2. The Bertz CT molecular complexity index is 5260. The Hall–Kier alpha value is -14.4. The maximum atomic E-state index is 13.3. The Morgan fingerprint density at radius 2 is 0.890 bits per heavy atom. The number of aromatic nitrogens is 1. The lowest BCUT2D eigenvalue weighted by molar-refractivity contribution is -0.150. The van der Waals surface area contributed by atoms with Crippen LogP contribution in [0.2, 0.25) is 0 Å². The van der Waals surface area contributed by atoms with E-state index in [0.717, 1.165) is 46.5 Å². The average molecular weight is 2040 g/mol. The maximum absolute atomic E-state index is 13.3. The second-order valence-electron chi connectivity index (χ2n) is 37.2. The van der Waals surface area contributed by atoms with E-state index < -0.39 is 156 Å². The van der Waals surface area contributed by atoms with Crippen LogP contribution in [0.4, 0.5) is 15.3 Å².